The Hall–Kier alpha value is -1.88. The Morgan fingerprint density at radius 3 is 2.58 bits per heavy atom. The molecular formula is C14H18N2O3. The Kier molecular flexibility index (Phi) is 3.85. The molecule has 0 saturated carbocycles. The van der Waals surface area contributed by atoms with Gasteiger partial charge in [0.25, 0.3) is 5.91 Å². The number of hydrogen-bond donors (Lipinski definition) is 0. The van der Waals surface area contributed by atoms with Crippen LogP contribution in [0.4, 0.5) is 5.69 Å². The maximum atomic E-state index is 12.0. The van der Waals surface area contributed by atoms with Crippen LogP contribution in [0.1, 0.15) is 12.0 Å². The minimum Gasteiger partial charge on any atom is -0.312 e. The summed E-state index contributed by atoms with van der Waals surface area (Å²) in [4.78, 5) is 30.5. The van der Waals surface area contributed by atoms with Crippen molar-refractivity contribution < 1.29 is 14.4 Å². The van der Waals surface area contributed by atoms with Gasteiger partial charge in [-0.25, -0.2) is 5.06 Å². The fourth-order valence-electron chi connectivity index (χ4n) is 2.19. The normalized spacial score (nSPS) is 18.8. The molecule has 1 heterocycles. The van der Waals surface area contributed by atoms with Crippen LogP contribution in [0.25, 0.3) is 0 Å². The van der Waals surface area contributed by atoms with E-state index in [0.29, 0.717) is 6.54 Å². The lowest BCUT2D eigenvalue weighted by Crippen LogP contribution is -2.34. The predicted molar refractivity (Wildman–Crippen MR) is 71.4 cm³/mol. The van der Waals surface area contributed by atoms with Gasteiger partial charge in [-0.2, -0.15) is 0 Å². The Bertz CT molecular complexity index is 484. The highest BCUT2D eigenvalue weighted by Gasteiger charge is 2.36. The Morgan fingerprint density at radius 2 is 2.00 bits per heavy atom. The molecule has 1 fully saturated rings. The second-order valence-electron chi connectivity index (χ2n) is 4.76. The van der Waals surface area contributed by atoms with Crippen molar-refractivity contribution >= 4 is 17.5 Å². The van der Waals surface area contributed by atoms with Crippen molar-refractivity contribution in [3.8, 4) is 0 Å². The zero-order chi connectivity index (χ0) is 14.0. The van der Waals surface area contributed by atoms with Gasteiger partial charge < -0.3 is 4.90 Å². The Balaban J connectivity index is 2.11. The van der Waals surface area contributed by atoms with Gasteiger partial charge in [-0.3, -0.25) is 14.4 Å². The summed E-state index contributed by atoms with van der Waals surface area (Å²) in [5, 5.41) is 1.18. The molecule has 1 aliphatic heterocycles. The van der Waals surface area contributed by atoms with Crippen LogP contribution in [0.2, 0.25) is 0 Å². The first-order valence-electron chi connectivity index (χ1n) is 6.21. The third kappa shape index (κ3) is 2.76. The van der Waals surface area contributed by atoms with Crippen molar-refractivity contribution in [3.05, 3.63) is 29.8 Å². The van der Waals surface area contributed by atoms with Crippen LogP contribution in [-0.2, 0) is 14.4 Å². The van der Waals surface area contributed by atoms with E-state index < -0.39 is 0 Å². The number of anilines is 1. The second kappa shape index (κ2) is 5.40. The predicted octanol–water partition coefficient (Wildman–Crippen LogP) is 1.37. The van der Waals surface area contributed by atoms with Gasteiger partial charge in [0.15, 0.2) is 0 Å². The smallest absolute Gasteiger partial charge is 0.251 e. The summed E-state index contributed by atoms with van der Waals surface area (Å²) in [5.74, 6) is -0.518. The van der Waals surface area contributed by atoms with E-state index in [2.05, 4.69) is 0 Å². The summed E-state index contributed by atoms with van der Waals surface area (Å²) >= 11 is 0. The minimum atomic E-state index is -0.334. The molecule has 1 atom stereocenters. The molecular weight excluding hydrogens is 244 g/mol. The van der Waals surface area contributed by atoms with Crippen LogP contribution in [0.5, 0.6) is 0 Å². The van der Waals surface area contributed by atoms with Gasteiger partial charge in [-0.15, -0.1) is 0 Å². The van der Waals surface area contributed by atoms with Gasteiger partial charge >= 0.3 is 0 Å². The Morgan fingerprint density at radius 1 is 1.37 bits per heavy atom. The lowest BCUT2D eigenvalue weighted by atomic mass is 10.1. The average molecular weight is 262 g/mol. The highest BCUT2D eigenvalue weighted by molar-refractivity contribution is 6.00. The van der Waals surface area contributed by atoms with Crippen LogP contribution in [-0.4, -0.2) is 37.6 Å². The highest BCUT2D eigenvalue weighted by Crippen LogP contribution is 2.26. The second-order valence-corrected chi connectivity index (χ2v) is 4.76. The topological polar surface area (TPSA) is 49.9 Å². The fourth-order valence-corrected chi connectivity index (χ4v) is 2.19. The molecule has 1 saturated heterocycles. The van der Waals surface area contributed by atoms with Crippen molar-refractivity contribution in [2.24, 2.45) is 5.92 Å². The molecule has 1 aromatic carbocycles. The largest absolute Gasteiger partial charge is 0.312 e. The molecule has 19 heavy (non-hydrogen) atoms. The maximum Gasteiger partial charge on any atom is 0.251 e. The average Bonchev–Trinajstić information content (AvgIpc) is 2.80. The first kappa shape index (κ1) is 13.5. The van der Waals surface area contributed by atoms with Crippen LogP contribution in [0, 0.1) is 12.8 Å². The van der Waals surface area contributed by atoms with Gasteiger partial charge in [-0.1, -0.05) is 17.7 Å². The number of hydroxylamine groups is 2. The SMILES string of the molecule is CON(C)C(=O)C1CC(=O)N(c2ccc(C)cc2)C1. The number of carbonyl (C=O) groups is 2. The quantitative estimate of drug-likeness (QED) is 0.773. The van der Waals surface area contributed by atoms with Crippen molar-refractivity contribution in [1.29, 1.82) is 0 Å². The number of carbonyl (C=O) groups excluding carboxylic acids is 2. The number of hydrogen-bond acceptors (Lipinski definition) is 3. The molecule has 0 N–H and O–H groups in total. The molecule has 0 spiro atoms. The van der Waals surface area contributed by atoms with Crippen LogP contribution >= 0.6 is 0 Å². The van der Waals surface area contributed by atoms with Crippen molar-refractivity contribution in [1.82, 2.24) is 5.06 Å². The van der Waals surface area contributed by atoms with Gasteiger partial charge in [0.05, 0.1) is 13.0 Å². The first-order valence-corrected chi connectivity index (χ1v) is 6.21. The lowest BCUT2D eigenvalue weighted by Gasteiger charge is -2.19. The summed E-state index contributed by atoms with van der Waals surface area (Å²) in [7, 11) is 2.99. The van der Waals surface area contributed by atoms with Crippen LogP contribution in [0.3, 0.4) is 0 Å². The molecule has 0 bridgehead atoms. The van der Waals surface area contributed by atoms with Gasteiger partial charge in [0.2, 0.25) is 5.91 Å². The lowest BCUT2D eigenvalue weighted by molar-refractivity contribution is -0.172. The van der Waals surface area contributed by atoms with Crippen LogP contribution < -0.4 is 4.90 Å². The van der Waals surface area contributed by atoms with E-state index in [1.54, 1.807) is 11.9 Å². The number of rotatable bonds is 3. The zero-order valence-corrected chi connectivity index (χ0v) is 11.4. The summed E-state index contributed by atoms with van der Waals surface area (Å²) < 4.78 is 0. The number of aryl methyl sites for hydroxylation is 1. The summed E-state index contributed by atoms with van der Waals surface area (Å²) in [6.45, 7) is 2.41. The van der Waals surface area contributed by atoms with Crippen molar-refractivity contribution in [3.63, 3.8) is 0 Å². The molecule has 1 aliphatic rings. The van der Waals surface area contributed by atoms with Crippen LogP contribution in [0.15, 0.2) is 24.3 Å². The first-order chi connectivity index (χ1) is 9.02. The standard InChI is InChI=1S/C14H18N2O3/c1-10-4-6-12(7-5-10)16-9-11(8-13(16)17)14(18)15(2)19-3/h4-7,11H,8-9H2,1-3H3. The number of amides is 2. The van der Waals surface area contributed by atoms with E-state index in [9.17, 15) is 9.59 Å². The molecule has 0 aromatic heterocycles. The molecule has 1 unspecified atom stereocenters. The van der Waals surface area contributed by atoms with E-state index in [0.717, 1.165) is 11.3 Å². The van der Waals surface area contributed by atoms with E-state index in [4.69, 9.17) is 4.84 Å². The maximum absolute atomic E-state index is 12.0. The van der Waals surface area contributed by atoms with E-state index in [1.165, 1.54) is 12.2 Å². The summed E-state index contributed by atoms with van der Waals surface area (Å²) in [6, 6.07) is 7.72. The third-order valence-corrected chi connectivity index (χ3v) is 3.40. The molecule has 5 heteroatoms. The minimum absolute atomic E-state index is 0.0216. The number of nitrogens with zero attached hydrogens (tertiary/aromatic N) is 2. The molecule has 2 amide bonds. The molecule has 0 aliphatic carbocycles. The molecule has 102 valence electrons. The highest BCUT2D eigenvalue weighted by atomic mass is 16.7. The monoisotopic (exact) mass is 262 g/mol. The summed E-state index contributed by atoms with van der Waals surface area (Å²) in [5.41, 5.74) is 1.98. The van der Waals surface area contributed by atoms with Gasteiger partial charge in [-0.05, 0) is 19.1 Å². The molecule has 5 nitrogen and oxygen atoms in total. The van der Waals surface area contributed by atoms with Gasteiger partial charge in [0, 0.05) is 25.7 Å². The van der Waals surface area contributed by atoms with Gasteiger partial charge in [0.1, 0.15) is 0 Å². The summed E-state index contributed by atoms with van der Waals surface area (Å²) in [6.07, 6.45) is 0.237. The third-order valence-electron chi connectivity index (χ3n) is 3.40. The molecule has 1 aromatic rings. The van der Waals surface area contributed by atoms with E-state index in [1.807, 2.05) is 31.2 Å². The van der Waals surface area contributed by atoms with E-state index >= 15 is 0 Å². The fraction of sp³-hybridized carbons (Fsp3) is 0.429. The molecule has 0 radical (unpaired) electrons. The van der Waals surface area contributed by atoms with Crippen molar-refractivity contribution in [2.45, 2.75) is 13.3 Å². The Labute approximate surface area is 112 Å². The molecule has 2 rings (SSSR count). The number of benzene rings is 1. The zero-order valence-electron chi connectivity index (χ0n) is 11.4. The van der Waals surface area contributed by atoms with E-state index in [-0.39, 0.29) is 24.2 Å². The van der Waals surface area contributed by atoms with Crippen molar-refractivity contribution in [2.75, 3.05) is 25.6 Å².